The van der Waals surface area contributed by atoms with Crippen LogP contribution in [0.1, 0.15) is 31.3 Å². The van der Waals surface area contributed by atoms with E-state index in [1.165, 1.54) is 5.57 Å². The molecule has 0 aliphatic heterocycles. The first kappa shape index (κ1) is 15.1. The number of allylic oxidation sites excluding steroid dienone is 1. The summed E-state index contributed by atoms with van der Waals surface area (Å²) in [6.45, 7) is 6.19. The number of fused-ring (bicyclic) bond motifs is 1. The molecule has 0 spiro atoms. The van der Waals surface area contributed by atoms with Crippen LogP contribution in [-0.4, -0.2) is 22.3 Å². The summed E-state index contributed by atoms with van der Waals surface area (Å²) in [5.74, 6) is 0.0724. The lowest BCUT2D eigenvalue weighted by molar-refractivity contribution is 0.0514. The number of nitrogens with zero attached hydrogens (tertiary/aromatic N) is 2. The first-order valence-corrected chi connectivity index (χ1v) is 7.48. The summed E-state index contributed by atoms with van der Waals surface area (Å²) in [5.41, 5.74) is 3.39. The van der Waals surface area contributed by atoms with Gasteiger partial charge < -0.3 is 13.8 Å². The highest BCUT2D eigenvalue weighted by atomic mass is 16.5. The zero-order chi connectivity index (χ0) is 16.4. The van der Waals surface area contributed by atoms with Gasteiger partial charge in [-0.25, -0.2) is 4.79 Å². The van der Waals surface area contributed by atoms with Crippen molar-refractivity contribution in [1.82, 2.24) is 9.72 Å². The lowest BCUT2D eigenvalue weighted by Crippen LogP contribution is -2.04. The molecular weight excluding hydrogens is 292 g/mol. The second-order valence-electron chi connectivity index (χ2n) is 5.50. The predicted octanol–water partition coefficient (Wildman–Crippen LogP) is 4.35. The first-order chi connectivity index (χ1) is 11.1. The molecule has 1 aromatic carbocycles. The number of hydrogen-bond acceptors (Lipinski definition) is 4. The van der Waals surface area contributed by atoms with Gasteiger partial charge in [0.1, 0.15) is 0 Å². The summed E-state index contributed by atoms with van der Waals surface area (Å²) >= 11 is 0. The summed E-state index contributed by atoms with van der Waals surface area (Å²) in [7, 11) is 0. The molecule has 0 atom stereocenters. The largest absolute Gasteiger partial charge is 0.461 e. The minimum absolute atomic E-state index is 0.184. The maximum Gasteiger partial charge on any atom is 0.360 e. The number of carbonyl (C=O) groups excluding carboxylic acids is 1. The van der Waals surface area contributed by atoms with Gasteiger partial charge in [0.15, 0.2) is 11.5 Å². The van der Waals surface area contributed by atoms with E-state index >= 15 is 0 Å². The lowest BCUT2D eigenvalue weighted by Gasteiger charge is -2.01. The molecule has 0 saturated carbocycles. The van der Waals surface area contributed by atoms with Gasteiger partial charge in [-0.2, -0.15) is 0 Å². The number of aromatic nitrogens is 2. The van der Waals surface area contributed by atoms with Crippen molar-refractivity contribution in [3.05, 3.63) is 47.8 Å². The van der Waals surface area contributed by atoms with Gasteiger partial charge in [-0.3, -0.25) is 0 Å². The molecule has 0 radical (unpaired) electrons. The second-order valence-corrected chi connectivity index (χ2v) is 5.50. The molecule has 23 heavy (non-hydrogen) atoms. The van der Waals surface area contributed by atoms with Crippen LogP contribution in [-0.2, 0) is 4.74 Å². The fraction of sp³-hybridized carbons (Fsp3) is 0.222. The van der Waals surface area contributed by atoms with Crippen LogP contribution < -0.4 is 0 Å². The Kier molecular flexibility index (Phi) is 4.02. The van der Waals surface area contributed by atoms with E-state index in [1.54, 1.807) is 13.0 Å². The molecule has 3 rings (SSSR count). The van der Waals surface area contributed by atoms with Gasteiger partial charge in [0.25, 0.3) is 0 Å². The predicted molar refractivity (Wildman–Crippen MR) is 89.0 cm³/mol. The fourth-order valence-electron chi connectivity index (χ4n) is 2.42. The van der Waals surface area contributed by atoms with Crippen molar-refractivity contribution in [1.29, 1.82) is 0 Å². The van der Waals surface area contributed by atoms with Crippen molar-refractivity contribution in [3.63, 3.8) is 0 Å². The van der Waals surface area contributed by atoms with Crippen molar-refractivity contribution in [2.45, 2.75) is 20.8 Å². The molecule has 0 saturated heterocycles. The molecule has 118 valence electrons. The van der Waals surface area contributed by atoms with Crippen LogP contribution in [0, 0.1) is 0 Å². The molecule has 2 heterocycles. The van der Waals surface area contributed by atoms with E-state index in [-0.39, 0.29) is 5.69 Å². The lowest BCUT2D eigenvalue weighted by atomic mass is 10.1. The SMILES string of the molecule is CCOC(=O)c1cc(-c2ccc3c(ccn3C=C(C)C)c2)on1. The van der Waals surface area contributed by atoms with Gasteiger partial charge in [-0.05, 0) is 45.0 Å². The third kappa shape index (κ3) is 3.04. The van der Waals surface area contributed by atoms with E-state index in [0.29, 0.717) is 12.4 Å². The van der Waals surface area contributed by atoms with Gasteiger partial charge >= 0.3 is 5.97 Å². The Labute approximate surface area is 134 Å². The molecule has 0 unspecified atom stereocenters. The summed E-state index contributed by atoms with van der Waals surface area (Å²) in [4.78, 5) is 11.7. The Hall–Kier alpha value is -2.82. The molecule has 0 bridgehead atoms. The van der Waals surface area contributed by atoms with Gasteiger partial charge in [0, 0.05) is 29.4 Å². The number of esters is 1. The minimum Gasteiger partial charge on any atom is -0.461 e. The fourth-order valence-corrected chi connectivity index (χ4v) is 2.42. The molecule has 2 aromatic heterocycles. The summed E-state index contributed by atoms with van der Waals surface area (Å²) < 4.78 is 12.3. The average molecular weight is 310 g/mol. The quantitative estimate of drug-likeness (QED) is 0.672. The van der Waals surface area contributed by atoms with Crippen LogP contribution in [0.25, 0.3) is 28.4 Å². The third-order valence-corrected chi connectivity index (χ3v) is 3.40. The smallest absolute Gasteiger partial charge is 0.360 e. The van der Waals surface area contributed by atoms with Crippen LogP contribution in [0.2, 0.25) is 0 Å². The maximum absolute atomic E-state index is 11.7. The highest BCUT2D eigenvalue weighted by Gasteiger charge is 2.15. The first-order valence-electron chi connectivity index (χ1n) is 7.48. The van der Waals surface area contributed by atoms with E-state index in [2.05, 4.69) is 29.8 Å². The Morgan fingerprint density at radius 3 is 2.87 bits per heavy atom. The molecule has 0 amide bonds. The summed E-state index contributed by atoms with van der Waals surface area (Å²) in [5, 5.41) is 4.86. The van der Waals surface area contributed by atoms with E-state index in [1.807, 2.05) is 30.5 Å². The van der Waals surface area contributed by atoms with Crippen molar-refractivity contribution < 1.29 is 14.1 Å². The Morgan fingerprint density at radius 1 is 1.30 bits per heavy atom. The van der Waals surface area contributed by atoms with Gasteiger partial charge in [-0.1, -0.05) is 10.7 Å². The highest BCUT2D eigenvalue weighted by molar-refractivity contribution is 5.90. The van der Waals surface area contributed by atoms with E-state index < -0.39 is 5.97 Å². The van der Waals surface area contributed by atoms with Crippen LogP contribution >= 0.6 is 0 Å². The molecule has 0 N–H and O–H groups in total. The molecule has 5 heteroatoms. The number of benzene rings is 1. The minimum atomic E-state index is -0.474. The van der Waals surface area contributed by atoms with Gasteiger partial charge in [-0.15, -0.1) is 0 Å². The molecule has 0 fully saturated rings. The summed E-state index contributed by atoms with van der Waals surface area (Å²) in [6.07, 6.45) is 4.10. The van der Waals surface area contributed by atoms with E-state index in [4.69, 9.17) is 9.26 Å². The molecular formula is C18H18N2O3. The van der Waals surface area contributed by atoms with Crippen LogP contribution in [0.5, 0.6) is 0 Å². The zero-order valence-corrected chi connectivity index (χ0v) is 13.4. The van der Waals surface area contributed by atoms with Crippen LogP contribution in [0.4, 0.5) is 0 Å². The number of hydrogen-bond donors (Lipinski definition) is 0. The Balaban J connectivity index is 1.95. The number of rotatable bonds is 4. The third-order valence-electron chi connectivity index (χ3n) is 3.40. The van der Waals surface area contributed by atoms with E-state index in [0.717, 1.165) is 16.5 Å². The van der Waals surface area contributed by atoms with Crippen molar-refractivity contribution >= 4 is 23.1 Å². The summed E-state index contributed by atoms with van der Waals surface area (Å²) in [6, 6.07) is 9.64. The Bertz CT molecular complexity index is 883. The van der Waals surface area contributed by atoms with Gasteiger partial charge in [0.05, 0.1) is 12.1 Å². The van der Waals surface area contributed by atoms with Crippen molar-refractivity contribution in [3.8, 4) is 11.3 Å². The molecule has 5 nitrogen and oxygen atoms in total. The van der Waals surface area contributed by atoms with Crippen LogP contribution in [0.3, 0.4) is 0 Å². The standard InChI is InChI=1S/C18H18N2O3/c1-4-22-18(21)15-10-17(23-19-15)14-5-6-16-13(9-14)7-8-20(16)11-12(2)3/h5-11H,4H2,1-3H3. The molecule has 3 aromatic rings. The van der Waals surface area contributed by atoms with Gasteiger partial charge in [0.2, 0.25) is 0 Å². The number of carbonyl (C=O) groups is 1. The highest BCUT2D eigenvalue weighted by Crippen LogP contribution is 2.26. The van der Waals surface area contributed by atoms with Crippen molar-refractivity contribution in [2.24, 2.45) is 0 Å². The molecule has 0 aliphatic rings. The average Bonchev–Trinajstić information content (AvgIpc) is 3.14. The monoisotopic (exact) mass is 310 g/mol. The van der Waals surface area contributed by atoms with Crippen LogP contribution in [0.15, 0.2) is 46.6 Å². The topological polar surface area (TPSA) is 57.3 Å². The molecule has 0 aliphatic carbocycles. The maximum atomic E-state index is 11.7. The van der Waals surface area contributed by atoms with E-state index in [9.17, 15) is 4.79 Å². The zero-order valence-electron chi connectivity index (χ0n) is 13.4. The Morgan fingerprint density at radius 2 is 2.13 bits per heavy atom. The van der Waals surface area contributed by atoms with Crippen molar-refractivity contribution in [2.75, 3.05) is 6.61 Å². The second kappa shape index (κ2) is 6.12. The number of ether oxygens (including phenoxy) is 1. The normalized spacial score (nSPS) is 10.7.